The van der Waals surface area contributed by atoms with Crippen LogP contribution in [-0.2, 0) is 9.47 Å². The van der Waals surface area contributed by atoms with Gasteiger partial charge >= 0.3 is 5.69 Å². The van der Waals surface area contributed by atoms with Gasteiger partial charge in [-0.2, -0.15) is 0 Å². The number of nitrogens with one attached hydrogen (secondary N) is 1. The zero-order valence-electron chi connectivity index (χ0n) is 10.8. The summed E-state index contributed by atoms with van der Waals surface area (Å²) in [4.78, 5) is 25.9. The van der Waals surface area contributed by atoms with Crippen molar-refractivity contribution < 1.29 is 19.0 Å². The predicted octanol–water partition coefficient (Wildman–Crippen LogP) is -1.55. The van der Waals surface area contributed by atoms with Crippen LogP contribution in [0.5, 0.6) is 0 Å². The molecule has 1 aliphatic rings. The van der Waals surface area contributed by atoms with Crippen molar-refractivity contribution in [1.29, 1.82) is 0 Å². The first-order chi connectivity index (χ1) is 10.1. The number of H-pyrrole nitrogens is 1. The lowest BCUT2D eigenvalue weighted by atomic mass is 10.1. The topological polar surface area (TPSA) is 107 Å². The minimum Gasteiger partial charge on any atom is -0.473 e. The maximum Gasteiger partial charge on any atom is 0.330 e. The van der Waals surface area contributed by atoms with Crippen molar-refractivity contribution in [3.63, 3.8) is 0 Å². The van der Waals surface area contributed by atoms with E-state index < -0.39 is 23.8 Å². The van der Waals surface area contributed by atoms with Crippen LogP contribution in [0, 0.1) is 0 Å². The number of aliphatic hydroxyl groups excluding tert-OH is 1. The Morgan fingerprint density at radius 2 is 2.24 bits per heavy atom. The number of nitrogens with zero attached hydrogens (tertiary/aromatic N) is 1. The van der Waals surface area contributed by atoms with Crippen LogP contribution in [0.1, 0.15) is 6.23 Å². The summed E-state index contributed by atoms with van der Waals surface area (Å²) < 4.78 is 16.8. The molecular formula is C12H11BN2O6. The maximum absolute atomic E-state index is 11.9. The third-order valence-electron chi connectivity index (χ3n) is 3.05. The van der Waals surface area contributed by atoms with Crippen molar-refractivity contribution >= 4 is 13.5 Å². The number of hydrogen-bond donors (Lipinski definition) is 2. The first-order valence-electron chi connectivity index (χ1n) is 6.17. The van der Waals surface area contributed by atoms with E-state index in [1.54, 1.807) is 0 Å². The first kappa shape index (κ1) is 13.9. The van der Waals surface area contributed by atoms with E-state index >= 15 is 0 Å². The summed E-state index contributed by atoms with van der Waals surface area (Å²) in [5.41, 5.74) is -0.941. The fourth-order valence-electron chi connectivity index (χ4n) is 2.06. The normalized spacial score (nSPS) is 21.8. The Balaban J connectivity index is 2.02. The van der Waals surface area contributed by atoms with E-state index in [1.165, 1.54) is 22.9 Å². The lowest BCUT2D eigenvalue weighted by molar-refractivity contribution is -0.0992. The fourth-order valence-corrected chi connectivity index (χ4v) is 2.06. The van der Waals surface area contributed by atoms with Gasteiger partial charge in [0.15, 0.2) is 20.4 Å². The lowest BCUT2D eigenvalue weighted by Gasteiger charge is -2.13. The van der Waals surface area contributed by atoms with Crippen LogP contribution in [0.3, 0.4) is 0 Å². The van der Waals surface area contributed by atoms with E-state index in [2.05, 4.69) is 4.98 Å². The molecular weight excluding hydrogens is 279 g/mol. The number of hydrogen-bond acceptors (Lipinski definition) is 6. The third kappa shape index (κ3) is 2.58. The van der Waals surface area contributed by atoms with E-state index in [4.69, 9.17) is 26.8 Å². The predicted molar refractivity (Wildman–Crippen MR) is 71.4 cm³/mol. The van der Waals surface area contributed by atoms with Crippen LogP contribution in [0.15, 0.2) is 32.3 Å². The highest BCUT2D eigenvalue weighted by Crippen LogP contribution is 2.20. The first-order valence-corrected chi connectivity index (χ1v) is 6.17. The summed E-state index contributed by atoms with van der Waals surface area (Å²) in [6.45, 7) is -0.243. The fraction of sp³-hybridized carbons (Fsp3) is 0.333. The summed E-state index contributed by atoms with van der Waals surface area (Å²) >= 11 is 0. The summed E-state index contributed by atoms with van der Waals surface area (Å²) in [5, 5.41) is 8.96. The molecule has 2 aromatic heterocycles. The van der Waals surface area contributed by atoms with Crippen molar-refractivity contribution in [3.05, 3.63) is 39.2 Å². The van der Waals surface area contributed by atoms with Crippen LogP contribution in [0.25, 0.3) is 11.3 Å². The highest BCUT2D eigenvalue weighted by atomic mass is 16.7. The number of furan rings is 1. The molecule has 108 valence electrons. The number of aromatic amines is 1. The summed E-state index contributed by atoms with van der Waals surface area (Å²) in [5.74, 6) is 0.236. The molecule has 2 N–H and O–H groups in total. The quantitative estimate of drug-likeness (QED) is 0.663. The van der Waals surface area contributed by atoms with Crippen molar-refractivity contribution in [1.82, 2.24) is 9.55 Å². The molecule has 0 saturated carbocycles. The van der Waals surface area contributed by atoms with Crippen LogP contribution in [0.2, 0.25) is 0 Å². The minimum absolute atomic E-state index is 0.0803. The Kier molecular flexibility index (Phi) is 3.54. The Labute approximate surface area is 119 Å². The maximum atomic E-state index is 11.9. The van der Waals surface area contributed by atoms with Gasteiger partial charge in [-0.1, -0.05) is 0 Å². The van der Waals surface area contributed by atoms with Gasteiger partial charge in [-0.15, -0.1) is 0 Å². The standard InChI is InChI=1S/C12H11BN2O6/c13-8-2-1-7(20-8)6-3-15(12(18)14-11(6)17)9-5-19-10(4-16)21-9/h1-3,9-10,16H,4-5H2,(H,14,17,18). The molecule has 0 amide bonds. The van der Waals surface area contributed by atoms with E-state index in [0.717, 1.165) is 0 Å². The molecule has 3 heterocycles. The zero-order valence-corrected chi connectivity index (χ0v) is 10.8. The Morgan fingerprint density at radius 1 is 1.43 bits per heavy atom. The SMILES string of the molecule is [B]c1ccc(-c2cn(C3COC(CO)O3)c(=O)[nH]c2=O)o1. The molecule has 2 atom stereocenters. The molecule has 1 saturated heterocycles. The van der Waals surface area contributed by atoms with Crippen LogP contribution in [-0.4, -0.2) is 42.0 Å². The molecule has 0 bridgehead atoms. The van der Waals surface area contributed by atoms with Crippen LogP contribution < -0.4 is 16.9 Å². The number of aromatic nitrogens is 2. The average molecular weight is 290 g/mol. The highest BCUT2D eigenvalue weighted by molar-refractivity contribution is 6.29. The van der Waals surface area contributed by atoms with E-state index in [1.807, 2.05) is 0 Å². The smallest absolute Gasteiger partial charge is 0.330 e. The largest absolute Gasteiger partial charge is 0.473 e. The lowest BCUT2D eigenvalue weighted by Crippen LogP contribution is -2.34. The highest BCUT2D eigenvalue weighted by Gasteiger charge is 2.28. The van der Waals surface area contributed by atoms with Gasteiger partial charge in [0.1, 0.15) is 5.76 Å². The Bertz CT molecular complexity index is 764. The van der Waals surface area contributed by atoms with Crippen molar-refractivity contribution in [3.8, 4) is 11.3 Å². The molecule has 21 heavy (non-hydrogen) atoms. The molecule has 0 spiro atoms. The monoisotopic (exact) mass is 290 g/mol. The van der Waals surface area contributed by atoms with Crippen molar-refractivity contribution in [2.45, 2.75) is 12.5 Å². The van der Waals surface area contributed by atoms with Gasteiger partial charge in [0.25, 0.3) is 5.56 Å². The van der Waals surface area contributed by atoms with Gasteiger partial charge in [0.05, 0.1) is 18.8 Å². The second kappa shape index (κ2) is 5.36. The number of aliphatic hydroxyl groups is 1. The van der Waals surface area contributed by atoms with Gasteiger partial charge in [0, 0.05) is 11.9 Å². The molecule has 2 unspecified atom stereocenters. The molecule has 1 fully saturated rings. The van der Waals surface area contributed by atoms with Gasteiger partial charge in [-0.3, -0.25) is 14.3 Å². The third-order valence-corrected chi connectivity index (χ3v) is 3.05. The molecule has 0 aromatic carbocycles. The summed E-state index contributed by atoms with van der Waals surface area (Å²) in [6.07, 6.45) is -0.221. The van der Waals surface area contributed by atoms with Gasteiger partial charge in [-0.05, 0) is 12.1 Å². The van der Waals surface area contributed by atoms with Crippen LogP contribution in [0.4, 0.5) is 0 Å². The number of rotatable bonds is 3. The second-order valence-electron chi connectivity index (χ2n) is 4.45. The molecule has 3 rings (SSSR count). The molecule has 8 nitrogen and oxygen atoms in total. The summed E-state index contributed by atoms with van der Waals surface area (Å²) in [7, 11) is 5.47. The molecule has 0 aliphatic carbocycles. The zero-order chi connectivity index (χ0) is 15.0. The Morgan fingerprint density at radius 3 is 2.86 bits per heavy atom. The van der Waals surface area contributed by atoms with Crippen LogP contribution >= 0.6 is 0 Å². The number of ether oxygens (including phenoxy) is 2. The Hall–Kier alpha value is -2.10. The molecule has 2 radical (unpaired) electrons. The van der Waals surface area contributed by atoms with Gasteiger partial charge in [-0.25, -0.2) is 4.79 Å². The average Bonchev–Trinajstić information content (AvgIpc) is 3.08. The van der Waals surface area contributed by atoms with Gasteiger partial charge in [0.2, 0.25) is 0 Å². The minimum atomic E-state index is -0.795. The van der Waals surface area contributed by atoms with E-state index in [9.17, 15) is 9.59 Å². The summed E-state index contributed by atoms with van der Waals surface area (Å²) in [6, 6.07) is 3.03. The molecule has 2 aromatic rings. The second-order valence-corrected chi connectivity index (χ2v) is 4.45. The molecule has 9 heteroatoms. The van der Waals surface area contributed by atoms with Gasteiger partial charge < -0.3 is 19.0 Å². The van der Waals surface area contributed by atoms with Crippen molar-refractivity contribution in [2.75, 3.05) is 13.2 Å². The van der Waals surface area contributed by atoms with Crippen molar-refractivity contribution in [2.24, 2.45) is 0 Å². The van der Waals surface area contributed by atoms with E-state index in [-0.39, 0.29) is 30.2 Å². The van der Waals surface area contributed by atoms with E-state index in [0.29, 0.717) is 0 Å². The molecule has 1 aliphatic heterocycles.